The Morgan fingerprint density at radius 2 is 1.80 bits per heavy atom. The van der Waals surface area contributed by atoms with Gasteiger partial charge in [0, 0.05) is 16.7 Å². The van der Waals surface area contributed by atoms with Crippen LogP contribution in [0, 0.1) is 0 Å². The van der Waals surface area contributed by atoms with E-state index in [2.05, 4.69) is 20.2 Å². The van der Waals surface area contributed by atoms with Crippen molar-refractivity contribution in [3.05, 3.63) is 48.2 Å². The van der Waals surface area contributed by atoms with Gasteiger partial charge in [-0.15, -0.1) is 11.8 Å². The minimum atomic E-state index is -3.33. The smallest absolute Gasteiger partial charge is 0.315 e. The zero-order chi connectivity index (χ0) is 24.8. The van der Waals surface area contributed by atoms with Gasteiger partial charge in [0.2, 0.25) is 0 Å². The number of pyridine rings is 1. The van der Waals surface area contributed by atoms with Crippen molar-refractivity contribution >= 4 is 45.0 Å². The van der Waals surface area contributed by atoms with Crippen molar-refractivity contribution in [3.63, 3.8) is 0 Å². The lowest BCUT2D eigenvalue weighted by Crippen LogP contribution is -2.25. The first-order chi connectivity index (χ1) is 16.9. The highest BCUT2D eigenvalue weighted by Gasteiger charge is 2.36. The van der Waals surface area contributed by atoms with Crippen molar-refractivity contribution in [1.82, 2.24) is 4.98 Å². The molecule has 1 aromatic heterocycles. The molecule has 35 heavy (non-hydrogen) atoms. The number of hydrogen-bond donors (Lipinski definition) is 1. The molecule has 1 amide bonds. The molecule has 0 radical (unpaired) electrons. The van der Waals surface area contributed by atoms with Crippen LogP contribution in [-0.4, -0.2) is 55.2 Å². The molecule has 4 rings (SSSR count). The minimum Gasteiger partial charge on any atom is -0.468 e. The van der Waals surface area contributed by atoms with E-state index >= 15 is 0 Å². The summed E-state index contributed by atoms with van der Waals surface area (Å²) in [6, 6.07) is 9.52. The fourth-order valence-electron chi connectivity index (χ4n) is 3.64. The number of ether oxygens (including phenoxy) is 1. The average Bonchev–Trinajstić information content (AvgIpc) is 3.61. The summed E-state index contributed by atoms with van der Waals surface area (Å²) >= 11 is 1.27. The molecule has 2 aliphatic rings. The Kier molecular flexibility index (Phi) is 8.07. The molecule has 11 heteroatoms. The maximum absolute atomic E-state index is 13.1. The van der Waals surface area contributed by atoms with E-state index in [0.717, 1.165) is 30.6 Å². The predicted octanol–water partition coefficient (Wildman–Crippen LogP) is 3.58. The second kappa shape index (κ2) is 11.2. The first-order valence-corrected chi connectivity index (χ1v) is 13.9. The first-order valence-electron chi connectivity index (χ1n) is 11.4. The van der Waals surface area contributed by atoms with Crippen LogP contribution >= 0.6 is 11.8 Å². The van der Waals surface area contributed by atoms with Gasteiger partial charge in [-0.1, -0.05) is 17.3 Å². The lowest BCUT2D eigenvalue weighted by molar-refractivity contribution is -0.137. The third-order valence-electron chi connectivity index (χ3n) is 5.79. The molecule has 0 spiro atoms. The first kappa shape index (κ1) is 25.2. The molecule has 0 unspecified atom stereocenters. The highest BCUT2D eigenvalue weighted by atomic mass is 32.2. The number of rotatable bonds is 10. The Morgan fingerprint density at radius 1 is 1.09 bits per heavy atom. The molecular weight excluding hydrogens is 490 g/mol. The molecule has 0 aliphatic heterocycles. The molecule has 1 aromatic carbocycles. The number of nitrogens with one attached hydrogen (secondary N) is 1. The fraction of sp³-hybridized carbons (Fsp3) is 0.417. The van der Waals surface area contributed by atoms with Crippen molar-refractivity contribution in [2.75, 3.05) is 18.2 Å². The van der Waals surface area contributed by atoms with Gasteiger partial charge in [0.1, 0.15) is 11.9 Å². The molecule has 1 heterocycles. The van der Waals surface area contributed by atoms with Crippen molar-refractivity contribution in [1.29, 1.82) is 0 Å². The number of benzene rings is 1. The number of anilines is 1. The van der Waals surface area contributed by atoms with E-state index in [-0.39, 0.29) is 33.7 Å². The van der Waals surface area contributed by atoms with E-state index in [1.165, 1.54) is 31.0 Å². The van der Waals surface area contributed by atoms with Crippen molar-refractivity contribution < 1.29 is 27.6 Å². The number of oxime groups is 1. The Balaban J connectivity index is 1.49. The van der Waals surface area contributed by atoms with Gasteiger partial charge in [-0.3, -0.25) is 9.59 Å². The highest BCUT2D eigenvalue weighted by Crippen LogP contribution is 2.33. The van der Waals surface area contributed by atoms with Gasteiger partial charge < -0.3 is 14.9 Å². The number of carbonyl (C=O) groups excluding carboxylic acids is 2. The zero-order valence-electron chi connectivity index (χ0n) is 19.3. The van der Waals surface area contributed by atoms with Crippen molar-refractivity contribution in [2.45, 2.75) is 59.7 Å². The van der Waals surface area contributed by atoms with Gasteiger partial charge in [-0.25, -0.2) is 13.4 Å². The number of thioether (sulfide) groups is 1. The van der Waals surface area contributed by atoms with Gasteiger partial charge in [0.15, 0.2) is 15.5 Å². The second-order valence-electron chi connectivity index (χ2n) is 8.42. The molecule has 2 aliphatic carbocycles. The molecule has 2 saturated carbocycles. The minimum absolute atomic E-state index is 0.0400. The van der Waals surface area contributed by atoms with E-state index in [1.54, 1.807) is 30.5 Å². The van der Waals surface area contributed by atoms with Crippen LogP contribution in [0.1, 0.15) is 44.1 Å². The zero-order valence-corrected chi connectivity index (χ0v) is 20.9. The molecule has 2 fully saturated rings. The maximum Gasteiger partial charge on any atom is 0.315 e. The highest BCUT2D eigenvalue weighted by molar-refractivity contribution is 8.00. The molecule has 0 saturated heterocycles. The lowest BCUT2D eigenvalue weighted by atomic mass is 10.1. The van der Waals surface area contributed by atoms with Crippen LogP contribution in [0.5, 0.6) is 0 Å². The van der Waals surface area contributed by atoms with Gasteiger partial charge in [-0.2, -0.15) is 0 Å². The Morgan fingerprint density at radius 3 is 2.40 bits per heavy atom. The van der Waals surface area contributed by atoms with Crippen molar-refractivity contribution in [2.24, 2.45) is 5.16 Å². The monoisotopic (exact) mass is 517 g/mol. The van der Waals surface area contributed by atoms with E-state index < -0.39 is 15.7 Å². The van der Waals surface area contributed by atoms with E-state index in [4.69, 9.17) is 4.84 Å². The summed E-state index contributed by atoms with van der Waals surface area (Å²) in [6.45, 7) is 0. The fourth-order valence-corrected chi connectivity index (χ4v) is 5.99. The summed E-state index contributed by atoms with van der Waals surface area (Å²) in [7, 11) is -2.00. The topological polar surface area (TPSA) is 124 Å². The third kappa shape index (κ3) is 6.61. The predicted molar refractivity (Wildman–Crippen MR) is 132 cm³/mol. The average molecular weight is 518 g/mol. The van der Waals surface area contributed by atoms with Gasteiger partial charge in [0.05, 0.1) is 23.0 Å². The normalized spacial score (nSPS) is 16.7. The summed E-state index contributed by atoms with van der Waals surface area (Å²) in [4.78, 5) is 35.3. The van der Waals surface area contributed by atoms with Gasteiger partial charge >= 0.3 is 5.97 Å². The Hall–Kier alpha value is -2.92. The van der Waals surface area contributed by atoms with Gasteiger partial charge in [0.25, 0.3) is 5.91 Å². The van der Waals surface area contributed by atoms with Crippen LogP contribution in [-0.2, 0) is 29.0 Å². The number of carbonyl (C=O) groups is 2. The van der Waals surface area contributed by atoms with Gasteiger partial charge in [-0.05, 0) is 62.8 Å². The summed E-state index contributed by atoms with van der Waals surface area (Å²) in [5, 5.41) is 6.56. The SMILES string of the molecule is COC(=O)CSc1ccc(NC(=O)/C(=N/OC2CCCC2)c2ccc(S(=O)(=O)C3CC3)cc2)nc1. The number of esters is 1. The van der Waals surface area contributed by atoms with Crippen LogP contribution < -0.4 is 5.32 Å². The van der Waals surface area contributed by atoms with Crippen molar-refractivity contribution in [3.8, 4) is 0 Å². The molecular formula is C24H27N3O6S2. The maximum atomic E-state index is 13.1. The Bertz CT molecular complexity index is 1190. The summed E-state index contributed by atoms with van der Waals surface area (Å²) in [6.07, 6.45) is 6.73. The van der Waals surface area contributed by atoms with E-state index in [1.807, 2.05) is 0 Å². The molecule has 2 aromatic rings. The molecule has 0 atom stereocenters. The molecule has 186 valence electrons. The summed E-state index contributed by atoms with van der Waals surface area (Å²) in [5.41, 5.74) is 0.485. The number of amides is 1. The van der Waals surface area contributed by atoms with Crippen LogP contribution in [0.25, 0.3) is 0 Å². The van der Waals surface area contributed by atoms with Crippen LogP contribution in [0.3, 0.4) is 0 Å². The number of nitrogens with zero attached hydrogens (tertiary/aromatic N) is 2. The van der Waals surface area contributed by atoms with Crippen LogP contribution in [0.15, 0.2) is 57.5 Å². The van der Waals surface area contributed by atoms with E-state index in [0.29, 0.717) is 24.2 Å². The molecule has 1 N–H and O–H groups in total. The number of methoxy groups -OCH3 is 1. The number of aromatic nitrogens is 1. The molecule has 0 bridgehead atoms. The quantitative estimate of drug-likeness (QED) is 0.219. The largest absolute Gasteiger partial charge is 0.468 e. The standard InChI is InChI=1S/C24H27N3O6S2/c1-32-22(28)15-34-18-8-13-21(25-14-18)26-24(29)23(27-33-17-4-2-3-5-17)16-6-9-19(10-7-16)35(30,31)20-11-12-20/h6-10,13-14,17,20H,2-5,11-12,15H2,1H3,(H,25,26,29)/b27-23+. The van der Waals surface area contributed by atoms with Crippen LogP contribution in [0.2, 0.25) is 0 Å². The lowest BCUT2D eigenvalue weighted by Gasteiger charge is -2.12. The summed E-state index contributed by atoms with van der Waals surface area (Å²) < 4.78 is 29.6. The molecule has 9 nitrogen and oxygen atoms in total. The van der Waals surface area contributed by atoms with E-state index in [9.17, 15) is 18.0 Å². The van der Waals surface area contributed by atoms with Crippen LogP contribution in [0.4, 0.5) is 5.82 Å². The Labute approximate surface area is 208 Å². The third-order valence-corrected chi connectivity index (χ3v) is 9.03. The number of sulfone groups is 1. The second-order valence-corrected chi connectivity index (χ2v) is 11.7. The summed E-state index contributed by atoms with van der Waals surface area (Å²) in [5.74, 6) is -0.403. The number of hydrogen-bond acceptors (Lipinski definition) is 9.